The van der Waals surface area contributed by atoms with Crippen LogP contribution >= 0.6 is 0 Å². The maximum absolute atomic E-state index is 5.73. The van der Waals surface area contributed by atoms with Crippen molar-refractivity contribution in [2.24, 2.45) is 0 Å². The van der Waals surface area contributed by atoms with Gasteiger partial charge < -0.3 is 5.73 Å². The molecule has 0 bridgehead atoms. The molecule has 3 heteroatoms. The fourth-order valence-electron chi connectivity index (χ4n) is 1.78. The molecular formula is C13H17N3. The molecule has 16 heavy (non-hydrogen) atoms. The van der Waals surface area contributed by atoms with Crippen LogP contribution in [0.5, 0.6) is 0 Å². The molecule has 84 valence electrons. The van der Waals surface area contributed by atoms with Gasteiger partial charge in [0.2, 0.25) is 0 Å². The number of rotatable bonds is 4. The summed E-state index contributed by atoms with van der Waals surface area (Å²) in [5.41, 5.74) is 8.94. The Labute approximate surface area is 95.9 Å². The highest BCUT2D eigenvalue weighted by Crippen LogP contribution is 2.09. The SMILES string of the molecule is Cc1ccn(CCCc2cccc(N)c2)n1. The minimum atomic E-state index is 0.840. The fraction of sp³-hybridized carbons (Fsp3) is 0.308. The molecule has 1 aromatic carbocycles. The van der Waals surface area contributed by atoms with E-state index in [1.807, 2.05) is 42.1 Å². The Morgan fingerprint density at radius 3 is 2.88 bits per heavy atom. The van der Waals surface area contributed by atoms with E-state index < -0.39 is 0 Å². The van der Waals surface area contributed by atoms with E-state index in [0.29, 0.717) is 0 Å². The average Bonchev–Trinajstić information content (AvgIpc) is 2.64. The molecule has 0 fully saturated rings. The summed E-state index contributed by atoms with van der Waals surface area (Å²) in [6, 6.07) is 10.1. The molecule has 2 rings (SSSR count). The highest BCUT2D eigenvalue weighted by Gasteiger charge is 1.96. The van der Waals surface area contributed by atoms with Crippen LogP contribution < -0.4 is 5.73 Å². The van der Waals surface area contributed by atoms with Gasteiger partial charge in [0.25, 0.3) is 0 Å². The van der Waals surface area contributed by atoms with Crippen LogP contribution in [0.3, 0.4) is 0 Å². The van der Waals surface area contributed by atoms with E-state index in [2.05, 4.69) is 11.2 Å². The number of aryl methyl sites for hydroxylation is 3. The summed E-state index contributed by atoms with van der Waals surface area (Å²) in [7, 11) is 0. The van der Waals surface area contributed by atoms with Gasteiger partial charge in [-0.1, -0.05) is 12.1 Å². The van der Waals surface area contributed by atoms with Crippen molar-refractivity contribution in [2.45, 2.75) is 26.3 Å². The molecule has 0 aliphatic carbocycles. The van der Waals surface area contributed by atoms with E-state index >= 15 is 0 Å². The Morgan fingerprint density at radius 1 is 1.31 bits per heavy atom. The third-order valence-corrected chi connectivity index (χ3v) is 2.58. The summed E-state index contributed by atoms with van der Waals surface area (Å²) in [4.78, 5) is 0. The fourth-order valence-corrected chi connectivity index (χ4v) is 1.78. The van der Waals surface area contributed by atoms with Gasteiger partial charge in [-0.25, -0.2) is 0 Å². The molecule has 2 N–H and O–H groups in total. The van der Waals surface area contributed by atoms with E-state index in [1.54, 1.807) is 0 Å². The number of anilines is 1. The number of hydrogen-bond donors (Lipinski definition) is 1. The van der Waals surface area contributed by atoms with Gasteiger partial charge in [0.15, 0.2) is 0 Å². The second-order valence-corrected chi connectivity index (χ2v) is 4.07. The maximum atomic E-state index is 5.73. The minimum absolute atomic E-state index is 0.840. The molecule has 0 spiro atoms. The van der Waals surface area contributed by atoms with Gasteiger partial charge in [0.05, 0.1) is 5.69 Å². The first kappa shape index (κ1) is 10.7. The van der Waals surface area contributed by atoms with Gasteiger partial charge in [-0.15, -0.1) is 0 Å². The molecule has 2 aromatic rings. The van der Waals surface area contributed by atoms with Crippen molar-refractivity contribution in [3.05, 3.63) is 47.8 Å². The zero-order chi connectivity index (χ0) is 11.4. The van der Waals surface area contributed by atoms with Crippen molar-refractivity contribution in [3.8, 4) is 0 Å². The second kappa shape index (κ2) is 4.84. The number of nitrogens with zero attached hydrogens (tertiary/aromatic N) is 2. The third-order valence-electron chi connectivity index (χ3n) is 2.58. The second-order valence-electron chi connectivity index (χ2n) is 4.07. The molecule has 0 aliphatic heterocycles. The molecule has 0 aliphatic rings. The first-order chi connectivity index (χ1) is 7.74. The predicted molar refractivity (Wildman–Crippen MR) is 66.1 cm³/mol. The largest absolute Gasteiger partial charge is 0.399 e. The lowest BCUT2D eigenvalue weighted by Crippen LogP contribution is -2.00. The molecule has 0 saturated heterocycles. The molecule has 3 nitrogen and oxygen atoms in total. The average molecular weight is 215 g/mol. The summed E-state index contributed by atoms with van der Waals surface area (Å²) in [6.45, 7) is 2.97. The van der Waals surface area contributed by atoms with Crippen LogP contribution in [0.25, 0.3) is 0 Å². The van der Waals surface area contributed by atoms with Crippen LogP contribution in [0.15, 0.2) is 36.5 Å². The van der Waals surface area contributed by atoms with Crippen molar-refractivity contribution >= 4 is 5.69 Å². The molecule has 0 atom stereocenters. The van der Waals surface area contributed by atoms with Crippen LogP contribution in [0.1, 0.15) is 17.7 Å². The zero-order valence-electron chi connectivity index (χ0n) is 9.56. The van der Waals surface area contributed by atoms with E-state index in [-0.39, 0.29) is 0 Å². The van der Waals surface area contributed by atoms with E-state index in [9.17, 15) is 0 Å². The van der Waals surface area contributed by atoms with Gasteiger partial charge >= 0.3 is 0 Å². The number of aromatic nitrogens is 2. The zero-order valence-corrected chi connectivity index (χ0v) is 9.56. The molecule has 1 heterocycles. The Balaban J connectivity index is 1.84. The van der Waals surface area contributed by atoms with Crippen LogP contribution in [0, 0.1) is 6.92 Å². The molecular weight excluding hydrogens is 198 g/mol. The predicted octanol–water partition coefficient (Wildman–Crippen LogP) is 2.41. The number of hydrogen-bond acceptors (Lipinski definition) is 2. The Bertz CT molecular complexity index is 460. The lowest BCUT2D eigenvalue weighted by Gasteiger charge is -2.03. The van der Waals surface area contributed by atoms with Crippen molar-refractivity contribution in [1.82, 2.24) is 9.78 Å². The summed E-state index contributed by atoms with van der Waals surface area (Å²) in [5, 5.41) is 4.35. The van der Waals surface area contributed by atoms with Crippen molar-refractivity contribution in [1.29, 1.82) is 0 Å². The van der Waals surface area contributed by atoms with Gasteiger partial charge in [-0.05, 0) is 43.5 Å². The Hall–Kier alpha value is -1.77. The van der Waals surface area contributed by atoms with E-state index in [0.717, 1.165) is 30.8 Å². The minimum Gasteiger partial charge on any atom is -0.399 e. The standard InChI is InChI=1S/C13H17N3/c1-11-7-9-16(15-11)8-3-5-12-4-2-6-13(14)10-12/h2,4,6-7,9-10H,3,5,8,14H2,1H3. The topological polar surface area (TPSA) is 43.8 Å². The number of benzene rings is 1. The summed E-state index contributed by atoms with van der Waals surface area (Å²) < 4.78 is 1.99. The monoisotopic (exact) mass is 215 g/mol. The molecule has 0 amide bonds. The highest BCUT2D eigenvalue weighted by molar-refractivity contribution is 5.40. The van der Waals surface area contributed by atoms with Gasteiger partial charge in [0, 0.05) is 18.4 Å². The summed E-state index contributed by atoms with van der Waals surface area (Å²) >= 11 is 0. The lowest BCUT2D eigenvalue weighted by atomic mass is 10.1. The molecule has 0 saturated carbocycles. The first-order valence-electron chi connectivity index (χ1n) is 5.58. The summed E-state index contributed by atoms with van der Waals surface area (Å²) in [6.07, 6.45) is 4.16. The molecule has 0 radical (unpaired) electrons. The number of nitrogen functional groups attached to an aromatic ring is 1. The van der Waals surface area contributed by atoms with Crippen LogP contribution in [-0.2, 0) is 13.0 Å². The normalized spacial score (nSPS) is 10.6. The van der Waals surface area contributed by atoms with Crippen molar-refractivity contribution in [3.63, 3.8) is 0 Å². The summed E-state index contributed by atoms with van der Waals surface area (Å²) in [5.74, 6) is 0. The Kier molecular flexibility index (Phi) is 3.25. The Morgan fingerprint density at radius 2 is 2.19 bits per heavy atom. The van der Waals surface area contributed by atoms with Crippen molar-refractivity contribution < 1.29 is 0 Å². The van der Waals surface area contributed by atoms with Crippen molar-refractivity contribution in [2.75, 3.05) is 5.73 Å². The van der Waals surface area contributed by atoms with Gasteiger partial charge in [0.1, 0.15) is 0 Å². The molecule has 1 aromatic heterocycles. The first-order valence-corrected chi connectivity index (χ1v) is 5.58. The maximum Gasteiger partial charge on any atom is 0.0593 e. The smallest absolute Gasteiger partial charge is 0.0593 e. The van der Waals surface area contributed by atoms with Crippen LogP contribution in [0.2, 0.25) is 0 Å². The number of nitrogens with two attached hydrogens (primary N) is 1. The lowest BCUT2D eigenvalue weighted by molar-refractivity contribution is 0.575. The third kappa shape index (κ3) is 2.86. The quantitative estimate of drug-likeness (QED) is 0.796. The van der Waals surface area contributed by atoms with Crippen LogP contribution in [-0.4, -0.2) is 9.78 Å². The van der Waals surface area contributed by atoms with Gasteiger partial charge in [-0.3, -0.25) is 4.68 Å². The van der Waals surface area contributed by atoms with E-state index in [4.69, 9.17) is 5.73 Å². The van der Waals surface area contributed by atoms with Crippen LogP contribution in [0.4, 0.5) is 5.69 Å². The molecule has 0 unspecified atom stereocenters. The van der Waals surface area contributed by atoms with E-state index in [1.165, 1.54) is 5.56 Å². The highest BCUT2D eigenvalue weighted by atomic mass is 15.3. The van der Waals surface area contributed by atoms with Gasteiger partial charge in [-0.2, -0.15) is 5.10 Å².